The van der Waals surface area contributed by atoms with Gasteiger partial charge in [0, 0.05) is 37.3 Å². The van der Waals surface area contributed by atoms with E-state index in [9.17, 15) is 23.6 Å². The standard InChI is InChI=1S/C25H28FN3O5/c1-16-4-5-20(12-17(16)2)25(33)27-14-24(32)34-15-23(31)29-10-8-28(9-11-29)22-7-6-19(18(3)30)13-21(22)26/h4-7,12-13H,8-11,14-15H2,1-3H3,(H,27,33). The number of ether oxygens (including phenoxy) is 1. The SMILES string of the molecule is CC(=O)c1ccc(N2CCN(C(=O)COC(=O)CNC(=O)c3ccc(C)c(C)c3)CC2)c(F)c1. The number of benzene rings is 2. The van der Waals surface area contributed by atoms with Crippen LogP contribution in [0.4, 0.5) is 10.1 Å². The van der Waals surface area contributed by atoms with Gasteiger partial charge < -0.3 is 19.9 Å². The minimum absolute atomic E-state index is 0.208. The Bertz CT molecular complexity index is 1110. The monoisotopic (exact) mass is 469 g/mol. The van der Waals surface area contributed by atoms with E-state index in [-0.39, 0.29) is 18.2 Å². The summed E-state index contributed by atoms with van der Waals surface area (Å²) in [6, 6.07) is 9.61. The molecule has 2 aromatic rings. The minimum Gasteiger partial charge on any atom is -0.454 e. The van der Waals surface area contributed by atoms with Gasteiger partial charge in [0.1, 0.15) is 12.4 Å². The summed E-state index contributed by atoms with van der Waals surface area (Å²) >= 11 is 0. The number of hydrogen-bond donors (Lipinski definition) is 1. The highest BCUT2D eigenvalue weighted by Gasteiger charge is 2.24. The molecule has 1 fully saturated rings. The van der Waals surface area contributed by atoms with Crippen molar-refractivity contribution in [1.82, 2.24) is 10.2 Å². The van der Waals surface area contributed by atoms with Crippen molar-refractivity contribution in [2.45, 2.75) is 20.8 Å². The number of rotatable bonds is 7. The van der Waals surface area contributed by atoms with Crippen LogP contribution < -0.4 is 10.2 Å². The number of aryl methyl sites for hydroxylation is 2. The van der Waals surface area contributed by atoms with Gasteiger partial charge in [0.15, 0.2) is 12.4 Å². The van der Waals surface area contributed by atoms with Crippen LogP contribution in [0.5, 0.6) is 0 Å². The third-order valence-corrected chi connectivity index (χ3v) is 5.85. The maximum atomic E-state index is 14.4. The van der Waals surface area contributed by atoms with Crippen LogP contribution in [0.3, 0.4) is 0 Å². The summed E-state index contributed by atoms with van der Waals surface area (Å²) in [7, 11) is 0. The zero-order valence-electron chi connectivity index (χ0n) is 19.5. The molecular weight excluding hydrogens is 441 g/mol. The first-order valence-electron chi connectivity index (χ1n) is 11.0. The molecule has 0 aromatic heterocycles. The van der Waals surface area contributed by atoms with Crippen LogP contribution in [0.15, 0.2) is 36.4 Å². The molecule has 1 N–H and O–H groups in total. The highest BCUT2D eigenvalue weighted by atomic mass is 19.1. The quantitative estimate of drug-likeness (QED) is 0.494. The van der Waals surface area contributed by atoms with Gasteiger partial charge in [-0.2, -0.15) is 0 Å². The van der Waals surface area contributed by atoms with Gasteiger partial charge in [-0.1, -0.05) is 6.07 Å². The number of nitrogens with zero attached hydrogens (tertiary/aromatic N) is 2. The minimum atomic E-state index is -0.711. The second-order valence-corrected chi connectivity index (χ2v) is 8.23. The van der Waals surface area contributed by atoms with E-state index >= 15 is 0 Å². The number of nitrogens with one attached hydrogen (secondary N) is 1. The number of hydrogen-bond acceptors (Lipinski definition) is 6. The van der Waals surface area contributed by atoms with Crippen LogP contribution in [0.2, 0.25) is 0 Å². The predicted octanol–water partition coefficient (Wildman–Crippen LogP) is 2.27. The Labute approximate surface area is 197 Å². The summed E-state index contributed by atoms with van der Waals surface area (Å²) in [6.07, 6.45) is 0. The van der Waals surface area contributed by atoms with E-state index in [0.29, 0.717) is 43.0 Å². The summed E-state index contributed by atoms with van der Waals surface area (Å²) in [5, 5.41) is 2.49. The molecule has 1 saturated heterocycles. The molecule has 8 nitrogen and oxygen atoms in total. The molecule has 0 aliphatic carbocycles. The maximum Gasteiger partial charge on any atom is 0.325 e. The Balaban J connectivity index is 1.42. The van der Waals surface area contributed by atoms with E-state index in [0.717, 1.165) is 11.1 Å². The first-order chi connectivity index (χ1) is 16.2. The third-order valence-electron chi connectivity index (χ3n) is 5.85. The van der Waals surface area contributed by atoms with Crippen molar-refractivity contribution >= 4 is 29.3 Å². The summed E-state index contributed by atoms with van der Waals surface area (Å²) in [6.45, 7) is 5.93. The van der Waals surface area contributed by atoms with Crippen LogP contribution in [0, 0.1) is 19.7 Å². The van der Waals surface area contributed by atoms with Gasteiger partial charge in [-0.15, -0.1) is 0 Å². The second kappa shape index (κ2) is 10.9. The maximum absolute atomic E-state index is 14.4. The van der Waals surface area contributed by atoms with Crippen molar-refractivity contribution in [2.24, 2.45) is 0 Å². The lowest BCUT2D eigenvalue weighted by atomic mass is 10.1. The number of halogens is 1. The number of carbonyl (C=O) groups is 4. The molecule has 0 unspecified atom stereocenters. The molecule has 1 aliphatic rings. The average molecular weight is 470 g/mol. The summed E-state index contributed by atoms with van der Waals surface area (Å²) in [5.74, 6) is -2.16. The molecule has 0 saturated carbocycles. The first-order valence-corrected chi connectivity index (χ1v) is 11.0. The van der Waals surface area contributed by atoms with Crippen LogP contribution in [-0.4, -0.2) is 67.8 Å². The number of esters is 1. The van der Waals surface area contributed by atoms with E-state index in [1.54, 1.807) is 34.1 Å². The molecule has 0 radical (unpaired) electrons. The van der Waals surface area contributed by atoms with Gasteiger partial charge in [0.25, 0.3) is 11.8 Å². The molecule has 3 rings (SSSR count). The van der Waals surface area contributed by atoms with Crippen molar-refractivity contribution in [3.8, 4) is 0 Å². The zero-order chi connectivity index (χ0) is 24.8. The number of piperazine rings is 1. The molecule has 0 atom stereocenters. The van der Waals surface area contributed by atoms with Crippen LogP contribution in [-0.2, 0) is 14.3 Å². The van der Waals surface area contributed by atoms with Crippen molar-refractivity contribution in [3.63, 3.8) is 0 Å². The van der Waals surface area contributed by atoms with Crippen LogP contribution in [0.1, 0.15) is 38.8 Å². The van der Waals surface area contributed by atoms with Gasteiger partial charge in [-0.05, 0) is 62.2 Å². The lowest BCUT2D eigenvalue weighted by molar-refractivity contribution is -0.151. The van der Waals surface area contributed by atoms with Crippen molar-refractivity contribution < 1.29 is 28.3 Å². The molecule has 2 amide bonds. The number of ketones is 1. The average Bonchev–Trinajstić information content (AvgIpc) is 2.82. The van der Waals surface area contributed by atoms with E-state index in [2.05, 4.69) is 5.32 Å². The number of carbonyl (C=O) groups excluding carboxylic acids is 4. The molecule has 2 aromatic carbocycles. The molecule has 1 aliphatic heterocycles. The van der Waals surface area contributed by atoms with Crippen molar-refractivity contribution in [3.05, 3.63) is 64.5 Å². The molecular formula is C25H28FN3O5. The van der Waals surface area contributed by atoms with E-state index in [1.807, 2.05) is 19.9 Å². The van der Waals surface area contributed by atoms with E-state index in [1.165, 1.54) is 13.0 Å². The van der Waals surface area contributed by atoms with E-state index < -0.39 is 24.3 Å². The Kier molecular flexibility index (Phi) is 7.99. The highest BCUT2D eigenvalue weighted by Crippen LogP contribution is 2.22. The summed E-state index contributed by atoms with van der Waals surface area (Å²) < 4.78 is 19.4. The van der Waals surface area contributed by atoms with Gasteiger partial charge in [-0.25, -0.2) is 4.39 Å². The van der Waals surface area contributed by atoms with Gasteiger partial charge in [0.2, 0.25) is 0 Å². The van der Waals surface area contributed by atoms with Crippen molar-refractivity contribution in [2.75, 3.05) is 44.2 Å². The summed E-state index contributed by atoms with van der Waals surface area (Å²) in [5.41, 5.74) is 3.16. The van der Waals surface area contributed by atoms with Crippen LogP contribution >= 0.6 is 0 Å². The first kappa shape index (κ1) is 24.9. The second-order valence-electron chi connectivity index (χ2n) is 8.23. The molecule has 180 valence electrons. The summed E-state index contributed by atoms with van der Waals surface area (Å²) in [4.78, 5) is 51.3. The number of anilines is 1. The fraction of sp³-hybridized carbons (Fsp3) is 0.360. The smallest absolute Gasteiger partial charge is 0.325 e. The number of amides is 2. The van der Waals surface area contributed by atoms with Gasteiger partial charge in [-0.3, -0.25) is 19.2 Å². The predicted molar refractivity (Wildman–Crippen MR) is 124 cm³/mol. The largest absolute Gasteiger partial charge is 0.454 e. The fourth-order valence-corrected chi connectivity index (χ4v) is 3.60. The fourth-order valence-electron chi connectivity index (χ4n) is 3.60. The Morgan fingerprint density at radius 1 is 0.941 bits per heavy atom. The van der Waals surface area contributed by atoms with Gasteiger partial charge >= 0.3 is 5.97 Å². The molecule has 9 heteroatoms. The highest BCUT2D eigenvalue weighted by molar-refractivity contribution is 5.96. The Morgan fingerprint density at radius 2 is 1.62 bits per heavy atom. The van der Waals surface area contributed by atoms with Crippen LogP contribution in [0.25, 0.3) is 0 Å². The lowest BCUT2D eigenvalue weighted by Gasteiger charge is -2.36. The number of Topliss-reactive ketones (excluding diaryl/α,β-unsaturated/α-hetero) is 1. The molecule has 0 spiro atoms. The Hall–Kier alpha value is -3.75. The van der Waals surface area contributed by atoms with Gasteiger partial charge in [0.05, 0.1) is 5.69 Å². The molecule has 34 heavy (non-hydrogen) atoms. The lowest BCUT2D eigenvalue weighted by Crippen LogP contribution is -2.50. The third kappa shape index (κ3) is 6.18. The van der Waals surface area contributed by atoms with E-state index in [4.69, 9.17) is 4.74 Å². The zero-order valence-corrected chi connectivity index (χ0v) is 19.5. The van der Waals surface area contributed by atoms with Crippen molar-refractivity contribution in [1.29, 1.82) is 0 Å². The normalized spacial score (nSPS) is 13.4. The molecule has 0 bridgehead atoms. The molecule has 1 heterocycles. The Morgan fingerprint density at radius 3 is 2.24 bits per heavy atom. The topological polar surface area (TPSA) is 96.0 Å².